The largest absolute Gasteiger partial charge is 0.462 e. The third-order valence-corrected chi connectivity index (χ3v) is 4.37. The van der Waals surface area contributed by atoms with Gasteiger partial charge in [-0.05, 0) is 25.8 Å². The topological polar surface area (TPSA) is 104 Å². The average Bonchev–Trinajstić information content (AvgIpc) is 2.68. The van der Waals surface area contributed by atoms with Crippen LogP contribution in [0.3, 0.4) is 0 Å². The molecular formula is C20H23N3O4. The number of nitrogens with two attached hydrogens (primary N) is 1. The van der Waals surface area contributed by atoms with Crippen molar-refractivity contribution in [3.8, 4) is 11.1 Å². The van der Waals surface area contributed by atoms with Gasteiger partial charge in [0, 0.05) is 42.0 Å². The van der Waals surface area contributed by atoms with Crippen LogP contribution >= 0.6 is 0 Å². The maximum atomic E-state index is 12.8. The molecule has 7 nitrogen and oxygen atoms in total. The number of carbonyl (C=O) groups excluding carboxylic acids is 2. The van der Waals surface area contributed by atoms with Gasteiger partial charge in [0.1, 0.15) is 0 Å². The number of ether oxygens (including phenoxy) is 2. The Balaban J connectivity index is 2.26. The van der Waals surface area contributed by atoms with Gasteiger partial charge >= 0.3 is 5.97 Å². The van der Waals surface area contributed by atoms with Crippen molar-refractivity contribution in [2.75, 3.05) is 19.8 Å². The highest BCUT2D eigenvalue weighted by atomic mass is 16.5. The molecule has 0 saturated heterocycles. The van der Waals surface area contributed by atoms with Crippen LogP contribution in [0.4, 0.5) is 0 Å². The van der Waals surface area contributed by atoms with Crippen molar-refractivity contribution in [1.29, 1.82) is 0 Å². The number of hydrogen-bond acceptors (Lipinski definition) is 7. The Kier molecular flexibility index (Phi) is 6.26. The number of esters is 1. The molecule has 2 heterocycles. The first-order valence-electron chi connectivity index (χ1n) is 9.11. The minimum Gasteiger partial charge on any atom is -0.462 e. The first kappa shape index (κ1) is 19.1. The van der Waals surface area contributed by atoms with E-state index < -0.39 is 5.97 Å². The van der Waals surface area contributed by atoms with Crippen LogP contribution in [-0.2, 0) is 22.5 Å². The molecule has 27 heavy (non-hydrogen) atoms. The lowest BCUT2D eigenvalue weighted by Gasteiger charge is -2.22. The summed E-state index contributed by atoms with van der Waals surface area (Å²) in [4.78, 5) is 34.3. The number of aromatic nitrogens is 2. The maximum absolute atomic E-state index is 12.8. The van der Waals surface area contributed by atoms with Crippen LogP contribution in [-0.4, -0.2) is 41.5 Å². The monoisotopic (exact) mass is 369 g/mol. The van der Waals surface area contributed by atoms with Crippen LogP contribution in [0, 0.1) is 0 Å². The van der Waals surface area contributed by atoms with Gasteiger partial charge in [-0.1, -0.05) is 6.07 Å². The molecule has 0 unspecified atom stereocenters. The molecule has 1 aliphatic carbocycles. The minimum absolute atomic E-state index is 0.0115. The van der Waals surface area contributed by atoms with Gasteiger partial charge in [0.2, 0.25) is 0 Å². The molecule has 0 saturated carbocycles. The fourth-order valence-corrected chi connectivity index (χ4v) is 3.29. The Hall–Kier alpha value is -2.64. The second kappa shape index (κ2) is 8.83. The number of ketones is 1. The molecule has 0 fully saturated rings. The normalized spacial score (nSPS) is 13.3. The molecule has 0 atom stereocenters. The molecule has 0 aromatic carbocycles. The number of fused-ring (bicyclic) bond motifs is 1. The molecule has 0 bridgehead atoms. The van der Waals surface area contributed by atoms with Gasteiger partial charge in [-0.25, -0.2) is 4.79 Å². The fraction of sp³-hybridized carbons (Fsp3) is 0.400. The molecule has 0 amide bonds. The molecule has 0 aliphatic heterocycles. The van der Waals surface area contributed by atoms with Gasteiger partial charge in [-0.15, -0.1) is 0 Å². The predicted molar refractivity (Wildman–Crippen MR) is 99.4 cm³/mol. The van der Waals surface area contributed by atoms with E-state index in [2.05, 4.69) is 9.97 Å². The summed E-state index contributed by atoms with van der Waals surface area (Å²) in [6, 6.07) is 3.60. The van der Waals surface area contributed by atoms with Crippen molar-refractivity contribution < 1.29 is 19.1 Å². The van der Waals surface area contributed by atoms with Crippen LogP contribution in [0.25, 0.3) is 11.1 Å². The van der Waals surface area contributed by atoms with Gasteiger partial charge in [0.05, 0.1) is 36.8 Å². The molecule has 7 heteroatoms. The number of aryl methyl sites for hydroxylation is 1. The van der Waals surface area contributed by atoms with Gasteiger partial charge < -0.3 is 15.2 Å². The predicted octanol–water partition coefficient (Wildman–Crippen LogP) is 2.31. The summed E-state index contributed by atoms with van der Waals surface area (Å²) < 4.78 is 10.8. The molecule has 142 valence electrons. The van der Waals surface area contributed by atoms with E-state index in [0.29, 0.717) is 54.1 Å². The lowest BCUT2D eigenvalue weighted by molar-refractivity contribution is 0.0518. The Morgan fingerprint density at radius 3 is 2.85 bits per heavy atom. The van der Waals surface area contributed by atoms with E-state index in [1.165, 1.54) is 0 Å². The Labute approximate surface area is 157 Å². The first-order valence-corrected chi connectivity index (χ1v) is 9.11. The Bertz CT molecular complexity index is 837. The van der Waals surface area contributed by atoms with E-state index in [9.17, 15) is 9.59 Å². The Morgan fingerprint density at radius 1 is 1.30 bits per heavy atom. The summed E-state index contributed by atoms with van der Waals surface area (Å²) in [5.74, 6) is -0.529. The van der Waals surface area contributed by atoms with Crippen molar-refractivity contribution in [2.24, 2.45) is 5.73 Å². The van der Waals surface area contributed by atoms with Crippen molar-refractivity contribution in [3.63, 3.8) is 0 Å². The zero-order valence-corrected chi connectivity index (χ0v) is 15.4. The Morgan fingerprint density at radius 2 is 2.15 bits per heavy atom. The number of carbonyl (C=O) groups is 2. The quantitative estimate of drug-likeness (QED) is 0.590. The summed E-state index contributed by atoms with van der Waals surface area (Å²) in [6.45, 7) is 2.80. The number of nitrogens with zero attached hydrogens (tertiary/aromatic N) is 2. The highest BCUT2D eigenvalue weighted by molar-refractivity contribution is 6.10. The third-order valence-electron chi connectivity index (χ3n) is 4.37. The van der Waals surface area contributed by atoms with E-state index in [0.717, 1.165) is 6.42 Å². The number of Topliss-reactive ketones (excluding diaryl/α,β-unsaturated/α-hetero) is 1. The molecule has 3 rings (SSSR count). The number of rotatable bonds is 7. The van der Waals surface area contributed by atoms with Crippen LogP contribution in [0.2, 0.25) is 0 Å². The van der Waals surface area contributed by atoms with Crippen molar-refractivity contribution in [2.45, 2.75) is 32.8 Å². The maximum Gasteiger partial charge on any atom is 0.340 e. The van der Waals surface area contributed by atoms with Crippen LogP contribution in [0.1, 0.15) is 51.9 Å². The minimum atomic E-state index is -0.517. The van der Waals surface area contributed by atoms with E-state index in [1.54, 1.807) is 25.4 Å². The number of pyridine rings is 2. The molecule has 1 aliphatic rings. The summed E-state index contributed by atoms with van der Waals surface area (Å²) in [5, 5.41) is 0. The van der Waals surface area contributed by atoms with Crippen molar-refractivity contribution in [1.82, 2.24) is 9.97 Å². The zero-order valence-electron chi connectivity index (χ0n) is 15.4. The molecule has 2 aromatic heterocycles. The lowest BCUT2D eigenvalue weighted by Crippen LogP contribution is -2.22. The average molecular weight is 369 g/mol. The molecule has 2 N–H and O–H groups in total. The first-order chi connectivity index (χ1) is 13.2. The number of hydrogen-bond donors (Lipinski definition) is 1. The summed E-state index contributed by atoms with van der Waals surface area (Å²) in [5.41, 5.74) is 8.67. The van der Waals surface area contributed by atoms with E-state index in [1.807, 2.05) is 6.07 Å². The fourth-order valence-electron chi connectivity index (χ4n) is 3.29. The highest BCUT2D eigenvalue weighted by Gasteiger charge is 2.31. The molecule has 0 spiro atoms. The smallest absolute Gasteiger partial charge is 0.340 e. The second-order valence-corrected chi connectivity index (χ2v) is 6.21. The summed E-state index contributed by atoms with van der Waals surface area (Å²) >= 11 is 0. The van der Waals surface area contributed by atoms with Crippen LogP contribution < -0.4 is 5.73 Å². The summed E-state index contributed by atoms with van der Waals surface area (Å²) in [6.07, 6.45) is 5.15. The van der Waals surface area contributed by atoms with E-state index >= 15 is 0 Å². The van der Waals surface area contributed by atoms with Crippen LogP contribution in [0.15, 0.2) is 24.5 Å². The van der Waals surface area contributed by atoms with Crippen molar-refractivity contribution in [3.05, 3.63) is 47.0 Å². The zero-order chi connectivity index (χ0) is 19.2. The van der Waals surface area contributed by atoms with Gasteiger partial charge in [-0.2, -0.15) is 0 Å². The second-order valence-electron chi connectivity index (χ2n) is 6.21. The standard InChI is InChI=1S/C20H23N3O4/c1-2-27-20(25)19-15(12-26-10-8-21)23-14-6-3-7-16(24)18(14)17(19)13-5-4-9-22-11-13/h4-5,9,11H,2-3,6-8,10,12,21H2,1H3. The molecular weight excluding hydrogens is 346 g/mol. The lowest BCUT2D eigenvalue weighted by atomic mass is 9.85. The van der Waals surface area contributed by atoms with Gasteiger partial charge in [-0.3, -0.25) is 14.8 Å². The van der Waals surface area contributed by atoms with E-state index in [-0.39, 0.29) is 24.6 Å². The van der Waals surface area contributed by atoms with Gasteiger partial charge in [0.25, 0.3) is 0 Å². The molecule has 2 aromatic rings. The van der Waals surface area contributed by atoms with Crippen molar-refractivity contribution >= 4 is 11.8 Å². The van der Waals surface area contributed by atoms with Crippen LogP contribution in [0.5, 0.6) is 0 Å². The third kappa shape index (κ3) is 4.04. The highest BCUT2D eigenvalue weighted by Crippen LogP contribution is 2.35. The SMILES string of the molecule is CCOC(=O)c1c(COCCN)nc2c(c1-c1cccnc1)C(=O)CCC2. The van der Waals surface area contributed by atoms with Gasteiger partial charge in [0.15, 0.2) is 5.78 Å². The summed E-state index contributed by atoms with van der Waals surface area (Å²) in [7, 11) is 0. The van der Waals surface area contributed by atoms with E-state index in [4.69, 9.17) is 15.2 Å². The molecule has 0 radical (unpaired) electrons.